The molecule has 0 radical (unpaired) electrons. The number of aryl methyl sites for hydroxylation is 1. The predicted octanol–water partition coefficient (Wildman–Crippen LogP) is 2.14. The zero-order chi connectivity index (χ0) is 10.1. The molecule has 0 N–H and O–H groups in total. The first-order valence-corrected chi connectivity index (χ1v) is 4.41. The summed E-state index contributed by atoms with van der Waals surface area (Å²) in [5.41, 5.74) is 2.35. The van der Waals surface area contributed by atoms with E-state index in [-0.39, 0.29) is 5.78 Å². The molecule has 0 amide bonds. The number of pyridine rings is 2. The van der Waals surface area contributed by atoms with Crippen LogP contribution in [-0.4, -0.2) is 15.8 Å². The fourth-order valence-electron chi connectivity index (χ4n) is 1.38. The lowest BCUT2D eigenvalue weighted by Crippen LogP contribution is -1.97. The van der Waals surface area contributed by atoms with E-state index < -0.39 is 0 Å². The largest absolute Gasteiger partial charge is 0.293 e. The summed E-state index contributed by atoms with van der Waals surface area (Å²) in [6.45, 7) is 3.46. The molecule has 3 nitrogen and oxygen atoms in total. The third kappa shape index (κ3) is 1.37. The molecule has 2 rings (SSSR count). The Bertz CT molecular complexity index is 506. The van der Waals surface area contributed by atoms with Crippen molar-refractivity contribution in [3.8, 4) is 0 Å². The van der Waals surface area contributed by atoms with Crippen molar-refractivity contribution in [1.29, 1.82) is 0 Å². The predicted molar refractivity (Wildman–Crippen MR) is 54.3 cm³/mol. The van der Waals surface area contributed by atoms with E-state index in [1.165, 1.54) is 6.92 Å². The summed E-state index contributed by atoms with van der Waals surface area (Å²) in [7, 11) is 0. The molecule has 70 valence electrons. The maximum Gasteiger partial charge on any atom is 0.178 e. The van der Waals surface area contributed by atoms with Gasteiger partial charge in [0.05, 0.1) is 5.52 Å². The Morgan fingerprint density at radius 3 is 2.79 bits per heavy atom. The van der Waals surface area contributed by atoms with Gasteiger partial charge in [0, 0.05) is 24.7 Å². The molecular weight excluding hydrogens is 176 g/mol. The highest BCUT2D eigenvalue weighted by Crippen LogP contribution is 2.14. The van der Waals surface area contributed by atoms with Crippen molar-refractivity contribution >= 4 is 16.7 Å². The highest BCUT2D eigenvalue weighted by Gasteiger charge is 2.04. The molecule has 0 aliphatic carbocycles. The highest BCUT2D eigenvalue weighted by atomic mass is 16.1. The van der Waals surface area contributed by atoms with Gasteiger partial charge in [-0.25, -0.2) is 4.98 Å². The second-order valence-electron chi connectivity index (χ2n) is 3.28. The molecule has 0 unspecified atom stereocenters. The zero-order valence-corrected chi connectivity index (χ0v) is 8.11. The first-order valence-electron chi connectivity index (χ1n) is 4.41. The van der Waals surface area contributed by atoms with Crippen LogP contribution in [0, 0.1) is 6.92 Å². The number of hydrogen-bond donors (Lipinski definition) is 0. The quantitative estimate of drug-likeness (QED) is 0.641. The van der Waals surface area contributed by atoms with Crippen molar-refractivity contribution in [2.24, 2.45) is 0 Å². The van der Waals surface area contributed by atoms with Crippen molar-refractivity contribution in [3.63, 3.8) is 0 Å². The van der Waals surface area contributed by atoms with E-state index >= 15 is 0 Å². The lowest BCUT2D eigenvalue weighted by atomic mass is 10.1. The average molecular weight is 186 g/mol. The van der Waals surface area contributed by atoms with Gasteiger partial charge in [-0.15, -0.1) is 0 Å². The van der Waals surface area contributed by atoms with Crippen LogP contribution in [0.3, 0.4) is 0 Å². The van der Waals surface area contributed by atoms with E-state index in [4.69, 9.17) is 0 Å². The summed E-state index contributed by atoms with van der Waals surface area (Å²) in [5, 5.41) is 0.968. The summed E-state index contributed by atoms with van der Waals surface area (Å²) in [5.74, 6) is -0.0110. The van der Waals surface area contributed by atoms with Gasteiger partial charge >= 0.3 is 0 Å². The number of hydrogen-bond acceptors (Lipinski definition) is 3. The minimum atomic E-state index is -0.0110. The number of carbonyl (C=O) groups is 1. The van der Waals surface area contributed by atoms with Gasteiger partial charge in [-0.2, -0.15) is 0 Å². The summed E-state index contributed by atoms with van der Waals surface area (Å²) >= 11 is 0. The Hall–Kier alpha value is -1.77. The molecule has 0 saturated carbocycles. The number of nitrogens with zero attached hydrogens (tertiary/aromatic N) is 2. The van der Waals surface area contributed by atoms with Gasteiger partial charge in [-0.05, 0) is 24.6 Å². The third-order valence-corrected chi connectivity index (χ3v) is 2.14. The summed E-state index contributed by atoms with van der Waals surface area (Å²) in [6, 6.07) is 3.60. The molecular formula is C11H10N2O. The summed E-state index contributed by atoms with van der Waals surface area (Å²) < 4.78 is 0. The number of ketones is 1. The second-order valence-corrected chi connectivity index (χ2v) is 3.28. The van der Waals surface area contributed by atoms with Gasteiger partial charge in [0.2, 0.25) is 0 Å². The van der Waals surface area contributed by atoms with Gasteiger partial charge in [0.1, 0.15) is 5.69 Å². The molecule has 0 atom stereocenters. The van der Waals surface area contributed by atoms with Crippen molar-refractivity contribution in [2.45, 2.75) is 13.8 Å². The van der Waals surface area contributed by atoms with Crippen LogP contribution in [-0.2, 0) is 0 Å². The molecule has 0 aromatic carbocycles. The van der Waals surface area contributed by atoms with Crippen LogP contribution in [0.2, 0.25) is 0 Å². The van der Waals surface area contributed by atoms with Gasteiger partial charge < -0.3 is 0 Å². The van der Waals surface area contributed by atoms with Crippen LogP contribution in [0.25, 0.3) is 10.9 Å². The van der Waals surface area contributed by atoms with Gasteiger partial charge in [-0.1, -0.05) is 0 Å². The Labute approximate surface area is 81.8 Å². The molecule has 2 heterocycles. The van der Waals surface area contributed by atoms with Crippen molar-refractivity contribution in [3.05, 3.63) is 35.8 Å². The number of aromatic nitrogens is 2. The number of fused-ring (bicyclic) bond motifs is 1. The van der Waals surface area contributed by atoms with Gasteiger partial charge in [0.15, 0.2) is 5.78 Å². The molecule has 0 bridgehead atoms. The Morgan fingerprint density at radius 1 is 1.29 bits per heavy atom. The SMILES string of the molecule is CC(=O)c1ccc2cncc(C)c2n1. The lowest BCUT2D eigenvalue weighted by molar-refractivity contribution is 0.101. The van der Waals surface area contributed by atoms with Gasteiger partial charge in [-0.3, -0.25) is 9.78 Å². The fraction of sp³-hybridized carbons (Fsp3) is 0.182. The molecule has 0 aliphatic rings. The van der Waals surface area contributed by atoms with Crippen molar-refractivity contribution in [2.75, 3.05) is 0 Å². The number of Topliss-reactive ketones (excluding diaryl/α,β-unsaturated/α-hetero) is 1. The normalized spacial score (nSPS) is 10.4. The second kappa shape index (κ2) is 3.18. The third-order valence-electron chi connectivity index (χ3n) is 2.14. The smallest absolute Gasteiger partial charge is 0.178 e. The molecule has 0 saturated heterocycles. The molecule has 3 heteroatoms. The minimum Gasteiger partial charge on any atom is -0.293 e. The minimum absolute atomic E-state index is 0.0110. The Morgan fingerprint density at radius 2 is 2.07 bits per heavy atom. The maximum atomic E-state index is 11.1. The average Bonchev–Trinajstić information content (AvgIpc) is 2.18. The molecule has 0 spiro atoms. The van der Waals surface area contributed by atoms with Crippen LogP contribution >= 0.6 is 0 Å². The summed E-state index contributed by atoms with van der Waals surface area (Å²) in [6.07, 6.45) is 3.50. The van der Waals surface area contributed by atoms with E-state index in [9.17, 15) is 4.79 Å². The first-order chi connectivity index (χ1) is 6.68. The Balaban J connectivity index is 2.76. The van der Waals surface area contributed by atoms with Crippen molar-refractivity contribution in [1.82, 2.24) is 9.97 Å². The van der Waals surface area contributed by atoms with Crippen LogP contribution in [0.1, 0.15) is 23.0 Å². The molecule has 14 heavy (non-hydrogen) atoms. The number of rotatable bonds is 1. The molecule has 0 aliphatic heterocycles. The molecule has 2 aromatic rings. The first kappa shape index (κ1) is 8.81. The molecule has 2 aromatic heterocycles. The van der Waals surface area contributed by atoms with Crippen LogP contribution in [0.4, 0.5) is 0 Å². The fourth-order valence-corrected chi connectivity index (χ4v) is 1.38. The lowest BCUT2D eigenvalue weighted by Gasteiger charge is -2.01. The monoisotopic (exact) mass is 186 g/mol. The van der Waals surface area contributed by atoms with Crippen molar-refractivity contribution < 1.29 is 4.79 Å². The van der Waals surface area contributed by atoms with Gasteiger partial charge in [0.25, 0.3) is 0 Å². The summed E-state index contributed by atoms with van der Waals surface area (Å²) in [4.78, 5) is 19.5. The highest BCUT2D eigenvalue weighted by molar-refractivity contribution is 5.95. The van der Waals surface area contributed by atoms with E-state index in [2.05, 4.69) is 9.97 Å². The zero-order valence-electron chi connectivity index (χ0n) is 8.11. The maximum absolute atomic E-state index is 11.1. The standard InChI is InChI=1S/C11H10N2O/c1-7-5-12-6-9-3-4-10(8(2)14)13-11(7)9/h3-6H,1-2H3. The molecule has 0 fully saturated rings. The topological polar surface area (TPSA) is 42.9 Å². The van der Waals surface area contributed by atoms with Crippen LogP contribution < -0.4 is 0 Å². The van der Waals surface area contributed by atoms with E-state index in [0.29, 0.717) is 5.69 Å². The van der Waals surface area contributed by atoms with Crippen LogP contribution in [0.5, 0.6) is 0 Å². The van der Waals surface area contributed by atoms with E-state index in [1.54, 1.807) is 18.5 Å². The van der Waals surface area contributed by atoms with Crippen LogP contribution in [0.15, 0.2) is 24.5 Å². The Kier molecular flexibility index (Phi) is 2.00. The van der Waals surface area contributed by atoms with E-state index in [1.807, 2.05) is 13.0 Å². The number of carbonyl (C=O) groups excluding carboxylic acids is 1. The van der Waals surface area contributed by atoms with E-state index in [0.717, 1.165) is 16.5 Å².